The molecule has 22 nitrogen and oxygen atoms in total. The van der Waals surface area contributed by atoms with Gasteiger partial charge in [-0.05, 0) is 53.9 Å². The van der Waals surface area contributed by atoms with Crippen LogP contribution < -0.4 is 11.5 Å². The summed E-state index contributed by atoms with van der Waals surface area (Å²) in [7, 11) is -26.1. The van der Waals surface area contributed by atoms with E-state index in [1.54, 1.807) is 0 Å². The van der Waals surface area contributed by atoms with Gasteiger partial charge in [0.15, 0.2) is 5.75 Å². The third-order valence-electron chi connectivity index (χ3n) is 6.15. The summed E-state index contributed by atoms with van der Waals surface area (Å²) in [5.41, 5.74) is 6.78. The van der Waals surface area contributed by atoms with E-state index in [-0.39, 0.29) is 11.8 Å². The minimum atomic E-state index is -5.40. The van der Waals surface area contributed by atoms with Crippen LogP contribution >= 0.6 is 0 Å². The maximum absolute atomic E-state index is 12.3. The molecular formula is C22H18N6O16S5. The van der Waals surface area contributed by atoms with E-state index in [1.165, 1.54) is 0 Å². The maximum atomic E-state index is 12.3. The number of phenols is 1. The van der Waals surface area contributed by atoms with E-state index in [2.05, 4.69) is 20.5 Å². The molecule has 0 fully saturated rings. The van der Waals surface area contributed by atoms with Gasteiger partial charge in [-0.3, -0.25) is 22.8 Å². The highest BCUT2D eigenvalue weighted by Crippen LogP contribution is 2.48. The van der Waals surface area contributed by atoms with Crippen LogP contribution in [-0.2, 0) is 50.6 Å². The molecule has 0 saturated heterocycles. The van der Waals surface area contributed by atoms with E-state index in [4.69, 9.17) is 11.5 Å². The van der Waals surface area contributed by atoms with Crippen LogP contribution in [0.5, 0.6) is 5.75 Å². The molecular weight excluding hydrogens is 765 g/mol. The third kappa shape index (κ3) is 7.80. The molecule has 49 heavy (non-hydrogen) atoms. The van der Waals surface area contributed by atoms with Crippen LogP contribution in [0.4, 0.5) is 34.1 Å². The molecule has 0 spiro atoms. The molecule has 0 saturated carbocycles. The molecule has 4 aromatic carbocycles. The van der Waals surface area contributed by atoms with Gasteiger partial charge < -0.3 is 16.6 Å². The maximum Gasteiger partial charge on any atom is 0.296 e. The zero-order valence-corrected chi connectivity index (χ0v) is 27.5. The van der Waals surface area contributed by atoms with Crippen molar-refractivity contribution in [2.24, 2.45) is 20.5 Å². The number of hydrogen-bond acceptors (Lipinski definition) is 17. The summed E-state index contributed by atoms with van der Waals surface area (Å²) in [6.45, 7) is 0. The normalized spacial score (nSPS) is 13.5. The Labute approximate surface area is 275 Å². The predicted molar refractivity (Wildman–Crippen MR) is 165 cm³/mol. The van der Waals surface area contributed by atoms with E-state index < -0.39 is 120 Å². The molecule has 0 atom stereocenters. The Balaban J connectivity index is 2.08. The first-order valence-corrected chi connectivity index (χ1v) is 19.3. The number of aromatic hydroxyl groups is 1. The average Bonchev–Trinajstić information content (AvgIpc) is 2.93. The van der Waals surface area contributed by atoms with Crippen LogP contribution in [0.3, 0.4) is 0 Å². The van der Waals surface area contributed by atoms with Crippen LogP contribution in [0.15, 0.2) is 93.5 Å². The third-order valence-corrected chi connectivity index (χ3v) is 10.5. The van der Waals surface area contributed by atoms with Crippen molar-refractivity contribution in [3.63, 3.8) is 0 Å². The van der Waals surface area contributed by atoms with Crippen LogP contribution in [0.2, 0.25) is 0 Å². The summed E-state index contributed by atoms with van der Waals surface area (Å²) in [6, 6.07) is 5.17. The zero-order valence-electron chi connectivity index (χ0n) is 23.4. The summed E-state index contributed by atoms with van der Waals surface area (Å²) in [5, 5.41) is 23.6. The lowest BCUT2D eigenvalue weighted by molar-refractivity contribution is 0.472. The lowest BCUT2D eigenvalue weighted by atomic mass is 10.1. The molecule has 0 aliphatic carbocycles. The summed E-state index contributed by atoms with van der Waals surface area (Å²) in [6.07, 6.45) is 0. The molecule has 0 aromatic heterocycles. The molecule has 0 heterocycles. The summed E-state index contributed by atoms with van der Waals surface area (Å²) in [5.74, 6) is -1.29. The van der Waals surface area contributed by atoms with E-state index in [9.17, 15) is 70.0 Å². The Morgan fingerprint density at radius 1 is 0.490 bits per heavy atom. The number of fused-ring (bicyclic) bond motifs is 1. The highest BCUT2D eigenvalue weighted by atomic mass is 32.2. The minimum absolute atomic E-state index is 0.124. The molecule has 0 aliphatic rings. The zero-order chi connectivity index (χ0) is 37.1. The van der Waals surface area contributed by atoms with Crippen molar-refractivity contribution in [1.82, 2.24) is 0 Å². The molecule has 0 radical (unpaired) electrons. The first-order chi connectivity index (χ1) is 22.2. The van der Waals surface area contributed by atoms with Crippen molar-refractivity contribution in [3.05, 3.63) is 48.5 Å². The van der Waals surface area contributed by atoms with Gasteiger partial charge in [0.25, 0.3) is 50.6 Å². The van der Waals surface area contributed by atoms with Gasteiger partial charge >= 0.3 is 0 Å². The van der Waals surface area contributed by atoms with Crippen molar-refractivity contribution < 1.29 is 70.0 Å². The molecule has 0 amide bonds. The van der Waals surface area contributed by atoms with E-state index in [0.717, 1.165) is 18.2 Å². The standard InChI is InChI=1S/C22H18N6O16S5/c23-10-1-4-14(46(33,34)35)13(7-10)26-28-21-17(49(42,43)44)6-9-5-16(48(39,40)41)20(19(24)18(9)22(21)29)27-25-12-3-2-11(45(30,31)32)8-15(12)47(36,37)38/h1-8,29H,23-24H2,(H,30,31,32)(H,33,34,35)(H,36,37,38)(H,39,40,41)(H,42,43,44). The monoisotopic (exact) mass is 782 g/mol. The van der Waals surface area contributed by atoms with Gasteiger partial charge in [-0.1, -0.05) is 0 Å². The fourth-order valence-corrected chi connectivity index (χ4v) is 7.25. The van der Waals surface area contributed by atoms with Crippen molar-refractivity contribution in [1.29, 1.82) is 0 Å². The first-order valence-electron chi connectivity index (χ1n) is 12.1. The number of rotatable bonds is 9. The average molecular weight is 783 g/mol. The molecule has 262 valence electrons. The van der Waals surface area contributed by atoms with Crippen LogP contribution in [0.1, 0.15) is 0 Å². The Morgan fingerprint density at radius 2 is 0.980 bits per heavy atom. The van der Waals surface area contributed by atoms with E-state index in [0.29, 0.717) is 24.3 Å². The second-order valence-corrected chi connectivity index (χ2v) is 16.4. The van der Waals surface area contributed by atoms with Gasteiger partial charge in [-0.2, -0.15) is 42.1 Å². The van der Waals surface area contributed by atoms with Gasteiger partial charge in [0.05, 0.1) is 16.0 Å². The SMILES string of the molecule is Nc1ccc(S(=O)(=O)O)c(N=Nc2c(S(=O)(=O)O)cc3cc(S(=O)(=O)O)c(N=Nc4ccc(S(=O)(=O)O)cc4S(=O)(=O)O)c(N)c3c2O)c1. The first kappa shape index (κ1) is 37.1. The molecule has 4 rings (SSSR count). The fraction of sp³-hybridized carbons (Fsp3) is 0. The number of phenolic OH excluding ortho intramolecular Hbond substituents is 1. The van der Waals surface area contributed by atoms with Crippen LogP contribution in [-0.4, -0.2) is 70.0 Å². The van der Waals surface area contributed by atoms with Crippen molar-refractivity contribution in [2.45, 2.75) is 24.5 Å². The highest BCUT2D eigenvalue weighted by Gasteiger charge is 2.29. The smallest absolute Gasteiger partial charge is 0.296 e. The summed E-state index contributed by atoms with van der Waals surface area (Å²) in [4.78, 5) is -5.70. The Hall–Kier alpha value is -4.71. The second kappa shape index (κ2) is 12.3. The second-order valence-electron chi connectivity index (χ2n) is 9.44. The van der Waals surface area contributed by atoms with Gasteiger partial charge in [-0.25, -0.2) is 0 Å². The summed E-state index contributed by atoms with van der Waals surface area (Å²) < 4.78 is 167. The van der Waals surface area contributed by atoms with Gasteiger partial charge in [0.2, 0.25) is 0 Å². The molecule has 4 aromatic rings. The predicted octanol–water partition coefficient (Wildman–Crippen LogP) is 2.77. The molecule has 27 heteroatoms. The minimum Gasteiger partial charge on any atom is -0.505 e. The summed E-state index contributed by atoms with van der Waals surface area (Å²) >= 11 is 0. The number of hydrogen-bond donors (Lipinski definition) is 8. The Morgan fingerprint density at radius 3 is 1.49 bits per heavy atom. The van der Waals surface area contributed by atoms with E-state index >= 15 is 0 Å². The number of nitrogens with zero attached hydrogens (tertiary/aromatic N) is 4. The van der Waals surface area contributed by atoms with Crippen molar-refractivity contribution in [2.75, 3.05) is 11.5 Å². The van der Waals surface area contributed by atoms with Gasteiger partial charge in [-0.15, -0.1) is 20.5 Å². The largest absolute Gasteiger partial charge is 0.505 e. The highest BCUT2D eigenvalue weighted by molar-refractivity contribution is 7.87. The van der Waals surface area contributed by atoms with Crippen LogP contribution in [0, 0.1) is 0 Å². The lowest BCUT2D eigenvalue weighted by Gasteiger charge is -2.14. The quantitative estimate of drug-likeness (QED) is 0.0687. The topological polar surface area (TPSA) is 394 Å². The van der Waals surface area contributed by atoms with Crippen molar-refractivity contribution >= 4 is 95.5 Å². The molecule has 0 aliphatic heterocycles. The molecule has 0 bridgehead atoms. The number of nitrogens with two attached hydrogens (primary N) is 2. The lowest BCUT2D eigenvalue weighted by Crippen LogP contribution is -2.04. The van der Waals surface area contributed by atoms with Gasteiger partial charge in [0.1, 0.15) is 42.3 Å². The molecule has 10 N–H and O–H groups in total. The van der Waals surface area contributed by atoms with E-state index in [1.807, 2.05) is 0 Å². The van der Waals surface area contributed by atoms with Crippen molar-refractivity contribution in [3.8, 4) is 5.75 Å². The Bertz CT molecular complexity index is 2710. The number of benzene rings is 4. The van der Waals surface area contributed by atoms with Crippen LogP contribution in [0.25, 0.3) is 10.8 Å². The number of nitrogen functional groups attached to an aromatic ring is 2. The Kier molecular flexibility index (Phi) is 9.33. The van der Waals surface area contributed by atoms with Gasteiger partial charge in [0, 0.05) is 5.69 Å². The number of anilines is 2. The number of azo groups is 2. The fourth-order valence-electron chi connectivity index (χ4n) is 4.09. The molecule has 0 unspecified atom stereocenters.